The van der Waals surface area contributed by atoms with Crippen LogP contribution in [0.15, 0.2) is 120 Å². The van der Waals surface area contributed by atoms with E-state index >= 15 is 0 Å². The Hall–Kier alpha value is -4.44. The number of carbonyl (C=O) groups is 1. The SMILES string of the molecule is Cc1[nH]c2ccccc2c1[C@H](c1ccccc1)[C@H](N=C(c1ccccc1)c1ccccc1)C(=O)OC(C)(C)C. The number of hydrogen-bond acceptors (Lipinski definition) is 3. The molecule has 0 aliphatic heterocycles. The number of benzene rings is 4. The second kappa shape index (κ2) is 11.1. The smallest absolute Gasteiger partial charge is 0.332 e. The van der Waals surface area contributed by atoms with E-state index in [1.165, 1.54) is 0 Å². The van der Waals surface area contributed by atoms with Crippen molar-refractivity contribution >= 4 is 22.6 Å². The van der Waals surface area contributed by atoms with Gasteiger partial charge in [-0.2, -0.15) is 0 Å². The zero-order chi connectivity index (χ0) is 27.4. The number of aromatic amines is 1. The zero-order valence-corrected chi connectivity index (χ0v) is 22.9. The van der Waals surface area contributed by atoms with E-state index in [0.717, 1.165) is 44.6 Å². The van der Waals surface area contributed by atoms with Crippen LogP contribution in [0.25, 0.3) is 10.9 Å². The molecule has 0 saturated carbocycles. The van der Waals surface area contributed by atoms with Gasteiger partial charge in [0.2, 0.25) is 0 Å². The molecule has 0 radical (unpaired) electrons. The maximum atomic E-state index is 14.2. The molecule has 4 aromatic carbocycles. The van der Waals surface area contributed by atoms with E-state index in [-0.39, 0.29) is 11.9 Å². The van der Waals surface area contributed by atoms with Crippen molar-refractivity contribution in [2.75, 3.05) is 0 Å². The van der Waals surface area contributed by atoms with E-state index in [9.17, 15) is 4.79 Å². The molecule has 5 rings (SSSR count). The van der Waals surface area contributed by atoms with Gasteiger partial charge >= 0.3 is 5.97 Å². The standard InChI is InChI=1S/C35H34N2O2/c1-24-30(28-22-14-15-23-29(28)36-24)31(25-16-8-5-9-17-25)33(34(38)39-35(2,3)4)37-32(26-18-10-6-11-19-26)27-20-12-7-13-21-27/h5-23,31,33,36H,1-4H3/t31-,33-/m0/s1. The van der Waals surface area contributed by atoms with Gasteiger partial charge in [0, 0.05) is 33.6 Å². The lowest BCUT2D eigenvalue weighted by atomic mass is 9.83. The molecule has 0 unspecified atom stereocenters. The van der Waals surface area contributed by atoms with Gasteiger partial charge in [-0.3, -0.25) is 4.99 Å². The predicted octanol–water partition coefficient (Wildman–Crippen LogP) is 7.86. The number of ether oxygens (including phenoxy) is 1. The molecule has 0 amide bonds. The number of aromatic nitrogens is 1. The maximum Gasteiger partial charge on any atom is 0.332 e. The van der Waals surface area contributed by atoms with Crippen molar-refractivity contribution in [3.05, 3.63) is 143 Å². The number of para-hydroxylation sites is 1. The third-order valence-electron chi connectivity index (χ3n) is 6.74. The summed E-state index contributed by atoms with van der Waals surface area (Å²) in [5.74, 6) is -0.731. The first-order valence-corrected chi connectivity index (χ1v) is 13.4. The van der Waals surface area contributed by atoms with Crippen LogP contribution in [0.4, 0.5) is 0 Å². The average molecular weight is 515 g/mol. The van der Waals surface area contributed by atoms with E-state index in [1.807, 2.05) is 112 Å². The van der Waals surface area contributed by atoms with E-state index < -0.39 is 11.6 Å². The van der Waals surface area contributed by atoms with Crippen LogP contribution in [0.1, 0.15) is 54.6 Å². The van der Waals surface area contributed by atoms with Crippen LogP contribution in [-0.2, 0) is 9.53 Å². The van der Waals surface area contributed by atoms with Gasteiger partial charge in [0.05, 0.1) is 5.71 Å². The van der Waals surface area contributed by atoms with Crippen molar-refractivity contribution in [2.24, 2.45) is 4.99 Å². The Balaban J connectivity index is 1.80. The number of esters is 1. The van der Waals surface area contributed by atoms with Gasteiger partial charge in [0.1, 0.15) is 5.60 Å². The molecular weight excluding hydrogens is 480 g/mol. The summed E-state index contributed by atoms with van der Waals surface area (Å²) in [5.41, 5.74) is 6.08. The zero-order valence-electron chi connectivity index (χ0n) is 22.9. The fourth-order valence-corrected chi connectivity index (χ4v) is 5.14. The highest BCUT2D eigenvalue weighted by Crippen LogP contribution is 2.38. The molecule has 0 aliphatic carbocycles. The molecule has 0 saturated heterocycles. The number of aryl methyl sites for hydroxylation is 1. The molecule has 0 fully saturated rings. The van der Waals surface area contributed by atoms with Gasteiger partial charge in [-0.05, 0) is 44.9 Å². The minimum atomic E-state index is -0.833. The van der Waals surface area contributed by atoms with E-state index in [0.29, 0.717) is 0 Å². The monoisotopic (exact) mass is 514 g/mol. The van der Waals surface area contributed by atoms with Gasteiger partial charge < -0.3 is 9.72 Å². The van der Waals surface area contributed by atoms with Crippen LogP contribution in [0.2, 0.25) is 0 Å². The fraction of sp³-hybridized carbons (Fsp3) is 0.200. The van der Waals surface area contributed by atoms with Crippen molar-refractivity contribution < 1.29 is 9.53 Å². The quantitative estimate of drug-likeness (QED) is 0.178. The van der Waals surface area contributed by atoms with Gasteiger partial charge in [-0.25, -0.2) is 4.79 Å². The molecule has 0 aliphatic rings. The van der Waals surface area contributed by atoms with Crippen LogP contribution in [-0.4, -0.2) is 28.3 Å². The van der Waals surface area contributed by atoms with Gasteiger partial charge in [0.15, 0.2) is 6.04 Å². The molecule has 1 heterocycles. The molecule has 5 aromatic rings. The van der Waals surface area contributed by atoms with Crippen molar-refractivity contribution in [1.29, 1.82) is 0 Å². The molecular formula is C35H34N2O2. The van der Waals surface area contributed by atoms with Crippen LogP contribution < -0.4 is 0 Å². The summed E-state index contributed by atoms with van der Waals surface area (Å²) in [5, 5.41) is 1.08. The highest BCUT2D eigenvalue weighted by molar-refractivity contribution is 6.13. The van der Waals surface area contributed by atoms with Gasteiger partial charge in [0.25, 0.3) is 0 Å². The predicted molar refractivity (Wildman–Crippen MR) is 159 cm³/mol. The summed E-state index contributed by atoms with van der Waals surface area (Å²) < 4.78 is 6.07. The molecule has 196 valence electrons. The first kappa shape index (κ1) is 26.2. The minimum absolute atomic E-state index is 0.356. The van der Waals surface area contributed by atoms with E-state index in [1.54, 1.807) is 0 Å². The molecule has 4 nitrogen and oxygen atoms in total. The Bertz CT molecular complexity index is 1540. The second-order valence-corrected chi connectivity index (χ2v) is 10.8. The summed E-state index contributed by atoms with van der Waals surface area (Å²) in [4.78, 5) is 23.0. The summed E-state index contributed by atoms with van der Waals surface area (Å²) >= 11 is 0. The summed E-state index contributed by atoms with van der Waals surface area (Å²) in [6.07, 6.45) is 0. The lowest BCUT2D eigenvalue weighted by Crippen LogP contribution is -2.36. The molecule has 1 N–H and O–H groups in total. The number of rotatable bonds is 7. The summed E-state index contributed by atoms with van der Waals surface area (Å²) in [6, 6.07) is 37.6. The minimum Gasteiger partial charge on any atom is -0.458 e. The number of nitrogens with one attached hydrogen (secondary N) is 1. The lowest BCUT2D eigenvalue weighted by Gasteiger charge is -2.29. The third-order valence-corrected chi connectivity index (χ3v) is 6.74. The van der Waals surface area contributed by atoms with Crippen LogP contribution in [0.5, 0.6) is 0 Å². The Kier molecular flexibility index (Phi) is 7.47. The van der Waals surface area contributed by atoms with Crippen LogP contribution in [0, 0.1) is 6.92 Å². The van der Waals surface area contributed by atoms with Gasteiger partial charge in [-0.1, -0.05) is 109 Å². The number of H-pyrrole nitrogens is 1. The number of nitrogens with zero attached hydrogens (tertiary/aromatic N) is 1. The summed E-state index contributed by atoms with van der Waals surface area (Å²) in [6.45, 7) is 7.76. The average Bonchev–Trinajstić information content (AvgIpc) is 3.27. The lowest BCUT2D eigenvalue weighted by molar-refractivity contribution is -0.156. The Labute approximate surface area is 230 Å². The molecule has 0 spiro atoms. The number of aliphatic imine (C=N–C) groups is 1. The highest BCUT2D eigenvalue weighted by atomic mass is 16.6. The van der Waals surface area contributed by atoms with Crippen molar-refractivity contribution in [3.8, 4) is 0 Å². The molecule has 2 atom stereocenters. The van der Waals surface area contributed by atoms with E-state index in [2.05, 4.69) is 36.2 Å². The van der Waals surface area contributed by atoms with Crippen molar-refractivity contribution in [1.82, 2.24) is 4.98 Å². The number of hydrogen-bond donors (Lipinski definition) is 1. The first-order chi connectivity index (χ1) is 18.8. The largest absolute Gasteiger partial charge is 0.458 e. The number of carbonyl (C=O) groups excluding carboxylic acids is 1. The highest BCUT2D eigenvalue weighted by Gasteiger charge is 2.37. The molecule has 4 heteroatoms. The van der Waals surface area contributed by atoms with Crippen molar-refractivity contribution in [3.63, 3.8) is 0 Å². The van der Waals surface area contributed by atoms with Crippen molar-refractivity contribution in [2.45, 2.75) is 45.3 Å². The molecule has 1 aromatic heterocycles. The Morgan fingerprint density at radius 1 is 0.744 bits per heavy atom. The van der Waals surface area contributed by atoms with Crippen LogP contribution in [0.3, 0.4) is 0 Å². The Morgan fingerprint density at radius 3 is 1.82 bits per heavy atom. The molecule has 39 heavy (non-hydrogen) atoms. The molecule has 0 bridgehead atoms. The normalized spacial score (nSPS) is 13.0. The maximum absolute atomic E-state index is 14.2. The first-order valence-electron chi connectivity index (χ1n) is 13.4. The second-order valence-electron chi connectivity index (χ2n) is 10.8. The number of fused-ring (bicyclic) bond motifs is 1. The van der Waals surface area contributed by atoms with E-state index in [4.69, 9.17) is 9.73 Å². The summed E-state index contributed by atoms with van der Waals surface area (Å²) in [7, 11) is 0. The van der Waals surface area contributed by atoms with Crippen LogP contribution >= 0.6 is 0 Å². The third kappa shape index (κ3) is 5.85. The topological polar surface area (TPSA) is 54.5 Å². The van der Waals surface area contributed by atoms with Gasteiger partial charge in [-0.15, -0.1) is 0 Å². The fourth-order valence-electron chi connectivity index (χ4n) is 5.14. The Morgan fingerprint density at radius 2 is 1.26 bits per heavy atom.